The van der Waals surface area contributed by atoms with Gasteiger partial charge in [-0.05, 0) is 24.6 Å². The molecule has 1 aliphatic rings. The second kappa shape index (κ2) is 6.97. The summed E-state index contributed by atoms with van der Waals surface area (Å²) in [4.78, 5) is 26.8. The van der Waals surface area contributed by atoms with Crippen LogP contribution < -0.4 is 4.90 Å². The number of amides is 1. The maximum Gasteiger partial charge on any atom is 0.301 e. The van der Waals surface area contributed by atoms with Crippen LogP contribution in [0.4, 0.5) is 9.52 Å². The molecule has 0 radical (unpaired) electrons. The van der Waals surface area contributed by atoms with Gasteiger partial charge in [-0.1, -0.05) is 53.8 Å². The number of carbonyl (C=O) groups is 2. The second-order valence-corrected chi connectivity index (χ2v) is 7.35. The Morgan fingerprint density at radius 3 is 2.36 bits per heavy atom. The Morgan fingerprint density at radius 1 is 1.07 bits per heavy atom. The van der Waals surface area contributed by atoms with Crippen molar-refractivity contribution in [2.24, 2.45) is 0 Å². The van der Waals surface area contributed by atoms with E-state index in [1.54, 1.807) is 37.3 Å². The topological polar surface area (TPSA) is 83.4 Å². The molecule has 28 heavy (non-hydrogen) atoms. The van der Waals surface area contributed by atoms with E-state index in [2.05, 4.69) is 10.2 Å². The largest absolute Gasteiger partial charge is 0.507 e. The summed E-state index contributed by atoms with van der Waals surface area (Å²) in [5.41, 5.74) is 0.808. The van der Waals surface area contributed by atoms with Gasteiger partial charge >= 0.3 is 5.91 Å². The first-order valence-electron chi connectivity index (χ1n) is 8.39. The smallest absolute Gasteiger partial charge is 0.301 e. The minimum Gasteiger partial charge on any atom is -0.507 e. The maximum atomic E-state index is 13.4. The summed E-state index contributed by atoms with van der Waals surface area (Å²) in [5, 5.41) is 19.6. The molecule has 0 bridgehead atoms. The normalized spacial score (nSPS) is 18.6. The van der Waals surface area contributed by atoms with Crippen molar-refractivity contribution < 1.29 is 19.1 Å². The maximum absolute atomic E-state index is 13.4. The van der Waals surface area contributed by atoms with E-state index in [-0.39, 0.29) is 16.5 Å². The third-order valence-corrected chi connectivity index (χ3v) is 5.24. The predicted octanol–water partition coefficient (Wildman–Crippen LogP) is 3.61. The first kappa shape index (κ1) is 18.0. The number of anilines is 1. The van der Waals surface area contributed by atoms with Crippen LogP contribution in [0, 0.1) is 12.7 Å². The van der Waals surface area contributed by atoms with Crippen molar-refractivity contribution in [1.29, 1.82) is 0 Å². The van der Waals surface area contributed by atoms with Crippen molar-refractivity contribution in [3.8, 4) is 0 Å². The summed E-state index contributed by atoms with van der Waals surface area (Å²) in [6.07, 6.45) is 0. The molecule has 4 rings (SSSR count). The Labute approximate surface area is 163 Å². The zero-order valence-electron chi connectivity index (χ0n) is 14.7. The number of aryl methyl sites for hydroxylation is 1. The van der Waals surface area contributed by atoms with Crippen LogP contribution in [-0.2, 0) is 9.59 Å². The molecule has 1 saturated heterocycles. The average Bonchev–Trinajstić information content (AvgIpc) is 3.24. The van der Waals surface area contributed by atoms with Gasteiger partial charge in [0.15, 0.2) is 0 Å². The van der Waals surface area contributed by atoms with Gasteiger partial charge in [-0.15, -0.1) is 10.2 Å². The number of aliphatic hydroxyl groups excluding tert-OH is 1. The van der Waals surface area contributed by atoms with E-state index < -0.39 is 23.5 Å². The van der Waals surface area contributed by atoms with Crippen molar-refractivity contribution in [3.63, 3.8) is 0 Å². The standard InChI is InChI=1S/C20H14FN3O3S/c1-11-22-23-20(28-11)24-16(12-7-9-14(21)10-8-12)15(18(26)19(24)27)17(25)13-5-3-2-4-6-13/h2-10,16,25H,1H3/b17-15+. The predicted molar refractivity (Wildman–Crippen MR) is 102 cm³/mol. The number of aliphatic hydroxyl groups is 1. The Kier molecular flexibility index (Phi) is 4.48. The van der Waals surface area contributed by atoms with E-state index in [0.717, 1.165) is 11.3 Å². The number of rotatable bonds is 3. The molecule has 1 amide bonds. The van der Waals surface area contributed by atoms with E-state index in [9.17, 15) is 19.1 Å². The van der Waals surface area contributed by atoms with Crippen molar-refractivity contribution in [2.75, 3.05) is 4.90 Å². The summed E-state index contributed by atoms with van der Waals surface area (Å²) in [7, 11) is 0. The molecule has 8 heteroatoms. The van der Waals surface area contributed by atoms with Crippen LogP contribution in [0.25, 0.3) is 5.76 Å². The number of hydrogen-bond acceptors (Lipinski definition) is 6. The van der Waals surface area contributed by atoms with Gasteiger partial charge in [0.2, 0.25) is 5.13 Å². The molecule has 0 saturated carbocycles. The molecule has 1 N–H and O–H groups in total. The highest BCUT2D eigenvalue weighted by atomic mass is 32.1. The summed E-state index contributed by atoms with van der Waals surface area (Å²) in [6.45, 7) is 1.73. The fourth-order valence-electron chi connectivity index (χ4n) is 3.13. The zero-order valence-corrected chi connectivity index (χ0v) is 15.5. The van der Waals surface area contributed by atoms with Gasteiger partial charge in [0, 0.05) is 5.56 Å². The lowest BCUT2D eigenvalue weighted by Gasteiger charge is -2.22. The molecule has 1 atom stereocenters. The highest BCUT2D eigenvalue weighted by Gasteiger charge is 2.48. The molecule has 3 aromatic rings. The molecule has 140 valence electrons. The molecule has 1 unspecified atom stereocenters. The number of nitrogens with zero attached hydrogens (tertiary/aromatic N) is 3. The minimum absolute atomic E-state index is 0.0735. The summed E-state index contributed by atoms with van der Waals surface area (Å²) >= 11 is 1.15. The molecule has 2 heterocycles. The second-order valence-electron chi connectivity index (χ2n) is 6.19. The fraction of sp³-hybridized carbons (Fsp3) is 0.100. The first-order valence-corrected chi connectivity index (χ1v) is 9.21. The number of ketones is 1. The lowest BCUT2D eigenvalue weighted by atomic mass is 9.95. The molecule has 0 aliphatic carbocycles. The van der Waals surface area contributed by atoms with Crippen molar-refractivity contribution in [3.05, 3.63) is 82.1 Å². The molecule has 1 fully saturated rings. The highest BCUT2D eigenvalue weighted by molar-refractivity contribution is 7.15. The van der Waals surface area contributed by atoms with Crippen LogP contribution in [0.3, 0.4) is 0 Å². The first-order chi connectivity index (χ1) is 13.5. The van der Waals surface area contributed by atoms with E-state index in [1.165, 1.54) is 29.2 Å². The molecular formula is C20H14FN3O3S. The Hall–Kier alpha value is -3.39. The van der Waals surface area contributed by atoms with Crippen LogP contribution in [-0.4, -0.2) is 27.0 Å². The quantitative estimate of drug-likeness (QED) is 0.416. The van der Waals surface area contributed by atoms with Gasteiger partial charge in [0.05, 0.1) is 11.6 Å². The average molecular weight is 395 g/mol. The van der Waals surface area contributed by atoms with Crippen LogP contribution in [0.5, 0.6) is 0 Å². The van der Waals surface area contributed by atoms with Crippen molar-refractivity contribution >= 4 is 33.9 Å². The van der Waals surface area contributed by atoms with Gasteiger partial charge in [0.1, 0.15) is 16.6 Å². The third-order valence-electron chi connectivity index (χ3n) is 4.40. The molecular weight excluding hydrogens is 381 g/mol. The van der Waals surface area contributed by atoms with Gasteiger partial charge in [-0.25, -0.2) is 4.39 Å². The number of hydrogen-bond donors (Lipinski definition) is 1. The Balaban J connectivity index is 1.94. The van der Waals surface area contributed by atoms with Gasteiger partial charge in [-0.3, -0.25) is 14.5 Å². The van der Waals surface area contributed by atoms with E-state index in [0.29, 0.717) is 16.1 Å². The minimum atomic E-state index is -0.937. The third kappa shape index (κ3) is 2.97. The molecule has 2 aromatic carbocycles. The van der Waals surface area contributed by atoms with Crippen LogP contribution in [0.1, 0.15) is 22.2 Å². The van der Waals surface area contributed by atoms with Gasteiger partial charge in [-0.2, -0.15) is 0 Å². The zero-order chi connectivity index (χ0) is 19.8. The molecule has 0 spiro atoms. The summed E-state index contributed by atoms with van der Waals surface area (Å²) in [6, 6.07) is 13.0. The Morgan fingerprint density at radius 2 is 1.75 bits per heavy atom. The SMILES string of the molecule is Cc1nnc(N2C(=O)C(=O)/C(=C(/O)c3ccccc3)C2c2ccc(F)cc2)s1. The van der Waals surface area contributed by atoms with Crippen LogP contribution in [0.2, 0.25) is 0 Å². The van der Waals surface area contributed by atoms with Crippen molar-refractivity contribution in [1.82, 2.24) is 10.2 Å². The van der Waals surface area contributed by atoms with E-state index in [1.807, 2.05) is 0 Å². The van der Waals surface area contributed by atoms with E-state index >= 15 is 0 Å². The van der Waals surface area contributed by atoms with Crippen LogP contribution in [0.15, 0.2) is 60.2 Å². The number of aromatic nitrogens is 2. The monoisotopic (exact) mass is 395 g/mol. The van der Waals surface area contributed by atoms with Crippen LogP contribution >= 0.6 is 11.3 Å². The molecule has 1 aromatic heterocycles. The van der Waals surface area contributed by atoms with Gasteiger partial charge < -0.3 is 5.11 Å². The highest BCUT2D eigenvalue weighted by Crippen LogP contribution is 2.42. The number of Topliss-reactive ketones (excluding diaryl/α,β-unsaturated/α-hetero) is 1. The molecule has 6 nitrogen and oxygen atoms in total. The number of benzene rings is 2. The number of carbonyl (C=O) groups excluding carboxylic acids is 2. The Bertz CT molecular complexity index is 1090. The lowest BCUT2D eigenvalue weighted by molar-refractivity contribution is -0.132. The number of halogens is 1. The molecule has 1 aliphatic heterocycles. The van der Waals surface area contributed by atoms with Gasteiger partial charge in [0.25, 0.3) is 5.78 Å². The summed E-state index contributed by atoms with van der Waals surface area (Å²) in [5.74, 6) is -2.39. The lowest BCUT2D eigenvalue weighted by Crippen LogP contribution is -2.29. The van der Waals surface area contributed by atoms with E-state index in [4.69, 9.17) is 0 Å². The van der Waals surface area contributed by atoms with Crippen molar-refractivity contribution in [2.45, 2.75) is 13.0 Å². The summed E-state index contributed by atoms with van der Waals surface area (Å²) < 4.78 is 13.4. The fourth-order valence-corrected chi connectivity index (χ4v) is 3.84.